The molecule has 0 aromatic rings. The van der Waals surface area contributed by atoms with Crippen molar-refractivity contribution in [1.29, 1.82) is 0 Å². The Bertz CT molecular complexity index is 290. The van der Waals surface area contributed by atoms with E-state index in [9.17, 15) is 4.79 Å². The number of nitrogens with zero attached hydrogens (tertiary/aromatic N) is 1. The zero-order valence-electron chi connectivity index (χ0n) is 11.6. The van der Waals surface area contributed by atoms with Crippen molar-refractivity contribution in [3.05, 3.63) is 0 Å². The van der Waals surface area contributed by atoms with Gasteiger partial charge in [0, 0.05) is 19.5 Å². The molecule has 5 heteroatoms. The largest absolute Gasteiger partial charge is 0.394 e. The Morgan fingerprint density at radius 1 is 1.26 bits per heavy atom. The first kappa shape index (κ1) is 14.8. The molecule has 0 bridgehead atoms. The highest BCUT2D eigenvalue weighted by Crippen LogP contribution is 2.30. The van der Waals surface area contributed by atoms with Crippen LogP contribution in [0.15, 0.2) is 0 Å². The van der Waals surface area contributed by atoms with E-state index in [0.29, 0.717) is 38.0 Å². The number of rotatable bonds is 4. The smallest absolute Gasteiger partial charge is 0.223 e. The van der Waals surface area contributed by atoms with E-state index in [0.717, 1.165) is 32.2 Å². The summed E-state index contributed by atoms with van der Waals surface area (Å²) in [5.74, 6) is 1.40. The van der Waals surface area contributed by atoms with E-state index in [1.165, 1.54) is 0 Å². The van der Waals surface area contributed by atoms with E-state index in [-0.39, 0.29) is 18.6 Å². The predicted molar refractivity (Wildman–Crippen MR) is 72.5 cm³/mol. The second kappa shape index (κ2) is 7.22. The number of amides is 1. The third-order valence-electron chi connectivity index (χ3n) is 4.46. The maximum absolute atomic E-state index is 12.2. The van der Waals surface area contributed by atoms with Crippen molar-refractivity contribution in [2.75, 3.05) is 32.8 Å². The lowest BCUT2D eigenvalue weighted by atomic mass is 9.80. The average Bonchev–Trinajstić information content (AvgIpc) is 2.48. The third-order valence-corrected chi connectivity index (χ3v) is 4.46. The predicted octanol–water partition coefficient (Wildman–Crippen LogP) is 0.361. The van der Waals surface area contributed by atoms with Crippen LogP contribution in [0.2, 0.25) is 0 Å². The number of hydrogen-bond donors (Lipinski definition) is 2. The summed E-state index contributed by atoms with van der Waals surface area (Å²) in [7, 11) is 0. The molecule has 2 fully saturated rings. The minimum Gasteiger partial charge on any atom is -0.394 e. The molecule has 1 unspecified atom stereocenters. The molecular weight excluding hydrogens is 244 g/mol. The van der Waals surface area contributed by atoms with E-state index in [2.05, 4.69) is 0 Å². The number of ether oxygens (including phenoxy) is 1. The molecule has 0 aromatic heterocycles. The summed E-state index contributed by atoms with van der Waals surface area (Å²) >= 11 is 0. The van der Waals surface area contributed by atoms with Crippen LogP contribution in [-0.4, -0.2) is 54.9 Å². The lowest BCUT2D eigenvalue weighted by Gasteiger charge is -2.34. The monoisotopic (exact) mass is 270 g/mol. The molecule has 19 heavy (non-hydrogen) atoms. The summed E-state index contributed by atoms with van der Waals surface area (Å²) in [6, 6.07) is 0. The van der Waals surface area contributed by atoms with Crippen LogP contribution in [0.25, 0.3) is 0 Å². The third kappa shape index (κ3) is 4.16. The minimum absolute atomic E-state index is 0.00854. The standard InChI is InChI=1S/C14H26N2O3/c15-8-12-3-1-11(2-4-12)7-14(18)16-5-6-19-13(9-16)10-17/h11-13,17H,1-10,15H2. The van der Waals surface area contributed by atoms with Gasteiger partial charge in [-0.3, -0.25) is 4.79 Å². The number of hydrogen-bond acceptors (Lipinski definition) is 4. The fourth-order valence-electron chi connectivity index (χ4n) is 3.10. The SMILES string of the molecule is NCC1CCC(CC(=O)N2CCOC(CO)C2)CC1. The van der Waals surface area contributed by atoms with Crippen molar-refractivity contribution in [2.24, 2.45) is 17.6 Å². The van der Waals surface area contributed by atoms with Crippen molar-refractivity contribution in [1.82, 2.24) is 4.90 Å². The Kier molecular flexibility index (Phi) is 5.60. The molecule has 0 aromatic carbocycles. The van der Waals surface area contributed by atoms with Crippen molar-refractivity contribution < 1.29 is 14.6 Å². The van der Waals surface area contributed by atoms with Gasteiger partial charge in [-0.1, -0.05) is 0 Å². The molecule has 1 aliphatic heterocycles. The molecule has 1 saturated carbocycles. The fraction of sp³-hybridized carbons (Fsp3) is 0.929. The number of carbonyl (C=O) groups excluding carboxylic acids is 1. The maximum Gasteiger partial charge on any atom is 0.223 e. The van der Waals surface area contributed by atoms with Crippen LogP contribution < -0.4 is 5.73 Å². The van der Waals surface area contributed by atoms with Crippen molar-refractivity contribution >= 4 is 5.91 Å². The molecule has 1 amide bonds. The van der Waals surface area contributed by atoms with Gasteiger partial charge >= 0.3 is 0 Å². The molecule has 0 spiro atoms. The highest BCUT2D eigenvalue weighted by atomic mass is 16.5. The van der Waals surface area contributed by atoms with Gasteiger partial charge in [0.1, 0.15) is 0 Å². The summed E-state index contributed by atoms with van der Waals surface area (Å²) in [5, 5.41) is 9.09. The van der Waals surface area contributed by atoms with Gasteiger partial charge < -0.3 is 20.5 Å². The Balaban J connectivity index is 1.75. The minimum atomic E-state index is -0.203. The Labute approximate surface area is 115 Å². The van der Waals surface area contributed by atoms with Crippen molar-refractivity contribution in [3.8, 4) is 0 Å². The molecule has 1 aliphatic carbocycles. The van der Waals surface area contributed by atoms with Gasteiger partial charge in [-0.15, -0.1) is 0 Å². The first-order valence-corrected chi connectivity index (χ1v) is 7.43. The van der Waals surface area contributed by atoms with Gasteiger partial charge in [0.15, 0.2) is 0 Å². The number of aliphatic hydroxyl groups is 1. The highest BCUT2D eigenvalue weighted by Gasteiger charge is 2.27. The van der Waals surface area contributed by atoms with Gasteiger partial charge in [0.05, 0.1) is 19.3 Å². The number of carbonyl (C=O) groups is 1. The maximum atomic E-state index is 12.2. The first-order chi connectivity index (χ1) is 9.22. The second-order valence-electron chi connectivity index (χ2n) is 5.84. The van der Waals surface area contributed by atoms with E-state index in [1.807, 2.05) is 4.90 Å². The van der Waals surface area contributed by atoms with Gasteiger partial charge in [-0.2, -0.15) is 0 Å². The normalized spacial score (nSPS) is 32.3. The van der Waals surface area contributed by atoms with Crippen LogP contribution in [0.4, 0.5) is 0 Å². The second-order valence-corrected chi connectivity index (χ2v) is 5.84. The van der Waals surface area contributed by atoms with E-state index < -0.39 is 0 Å². The quantitative estimate of drug-likeness (QED) is 0.773. The summed E-state index contributed by atoms with van der Waals surface area (Å²) in [6.07, 6.45) is 5.02. The van der Waals surface area contributed by atoms with Gasteiger partial charge in [-0.05, 0) is 44.1 Å². The molecule has 1 atom stereocenters. The summed E-state index contributed by atoms with van der Waals surface area (Å²) < 4.78 is 5.37. The van der Waals surface area contributed by atoms with E-state index in [1.54, 1.807) is 0 Å². The zero-order chi connectivity index (χ0) is 13.7. The lowest BCUT2D eigenvalue weighted by Crippen LogP contribution is -2.47. The number of aliphatic hydroxyl groups excluding tert-OH is 1. The van der Waals surface area contributed by atoms with Crippen LogP contribution in [0.5, 0.6) is 0 Å². The Hall–Kier alpha value is -0.650. The lowest BCUT2D eigenvalue weighted by molar-refractivity contribution is -0.141. The molecule has 1 saturated heterocycles. The zero-order valence-corrected chi connectivity index (χ0v) is 11.6. The molecule has 2 rings (SSSR count). The summed E-state index contributed by atoms with van der Waals surface area (Å²) in [5.41, 5.74) is 5.68. The number of nitrogens with two attached hydrogens (primary N) is 1. The molecule has 2 aliphatic rings. The number of morpholine rings is 1. The molecule has 110 valence electrons. The van der Waals surface area contributed by atoms with E-state index in [4.69, 9.17) is 15.6 Å². The molecule has 5 nitrogen and oxygen atoms in total. The fourth-order valence-corrected chi connectivity index (χ4v) is 3.10. The van der Waals surface area contributed by atoms with Crippen LogP contribution >= 0.6 is 0 Å². The van der Waals surface area contributed by atoms with Gasteiger partial charge in [0.2, 0.25) is 5.91 Å². The van der Waals surface area contributed by atoms with E-state index >= 15 is 0 Å². The first-order valence-electron chi connectivity index (χ1n) is 7.43. The Morgan fingerprint density at radius 3 is 2.58 bits per heavy atom. The average molecular weight is 270 g/mol. The van der Waals surface area contributed by atoms with Crippen molar-refractivity contribution in [2.45, 2.75) is 38.2 Å². The molecule has 0 radical (unpaired) electrons. The summed E-state index contributed by atoms with van der Waals surface area (Å²) in [6.45, 7) is 2.51. The van der Waals surface area contributed by atoms with Crippen LogP contribution in [0, 0.1) is 11.8 Å². The van der Waals surface area contributed by atoms with Crippen LogP contribution in [-0.2, 0) is 9.53 Å². The van der Waals surface area contributed by atoms with Gasteiger partial charge in [0.25, 0.3) is 0 Å². The van der Waals surface area contributed by atoms with Crippen LogP contribution in [0.3, 0.4) is 0 Å². The molecular formula is C14H26N2O3. The van der Waals surface area contributed by atoms with Gasteiger partial charge in [-0.25, -0.2) is 0 Å². The highest BCUT2D eigenvalue weighted by molar-refractivity contribution is 5.76. The summed E-state index contributed by atoms with van der Waals surface area (Å²) in [4.78, 5) is 14.1. The molecule has 1 heterocycles. The molecule has 3 N–H and O–H groups in total. The van der Waals surface area contributed by atoms with Crippen molar-refractivity contribution in [3.63, 3.8) is 0 Å². The Morgan fingerprint density at radius 2 is 1.95 bits per heavy atom. The topological polar surface area (TPSA) is 75.8 Å². The van der Waals surface area contributed by atoms with Crippen LogP contribution in [0.1, 0.15) is 32.1 Å².